The van der Waals surface area contributed by atoms with E-state index in [1.165, 1.54) is 0 Å². The smallest absolute Gasteiger partial charge is 0.338 e. The Morgan fingerprint density at radius 3 is 2.60 bits per heavy atom. The molecule has 2 aromatic carbocycles. The number of rotatable bonds is 4. The average Bonchev–Trinajstić information content (AvgIpc) is 2.60. The zero-order valence-corrected chi connectivity index (χ0v) is 14.4. The summed E-state index contributed by atoms with van der Waals surface area (Å²) in [5.41, 5.74) is 1.73. The van der Waals surface area contributed by atoms with Crippen LogP contribution in [0.25, 0.3) is 10.8 Å². The molecule has 0 spiro atoms. The molecule has 25 heavy (non-hydrogen) atoms. The topological polar surface area (TPSA) is 76.7 Å². The van der Waals surface area contributed by atoms with Gasteiger partial charge in [0.2, 0.25) is 0 Å². The third-order valence-electron chi connectivity index (χ3n) is 4.17. The molecule has 0 saturated heterocycles. The predicted molar refractivity (Wildman–Crippen MR) is 94.2 cm³/mol. The SMILES string of the molecule is CCOC(=O)C1=C(C)NC(=O)N[C@@H]1c1ccc2cc(OC)ccc2c1. The molecule has 6 nitrogen and oxygen atoms in total. The molecule has 1 aliphatic heterocycles. The molecule has 2 amide bonds. The predicted octanol–water partition coefficient (Wildman–Crippen LogP) is 3.04. The first-order valence-corrected chi connectivity index (χ1v) is 8.06. The Kier molecular flexibility index (Phi) is 4.61. The van der Waals surface area contributed by atoms with Crippen molar-refractivity contribution in [2.45, 2.75) is 19.9 Å². The van der Waals surface area contributed by atoms with E-state index in [4.69, 9.17) is 9.47 Å². The number of ether oxygens (including phenoxy) is 2. The molecular weight excluding hydrogens is 320 g/mol. The maximum absolute atomic E-state index is 12.4. The van der Waals surface area contributed by atoms with Crippen LogP contribution < -0.4 is 15.4 Å². The summed E-state index contributed by atoms with van der Waals surface area (Å²) in [4.78, 5) is 24.3. The first-order valence-electron chi connectivity index (χ1n) is 8.06. The van der Waals surface area contributed by atoms with Crippen molar-refractivity contribution < 1.29 is 19.1 Å². The Hall–Kier alpha value is -3.02. The van der Waals surface area contributed by atoms with Gasteiger partial charge in [0.1, 0.15) is 5.75 Å². The fraction of sp³-hybridized carbons (Fsp3) is 0.263. The highest BCUT2D eigenvalue weighted by Gasteiger charge is 2.32. The summed E-state index contributed by atoms with van der Waals surface area (Å²) in [5.74, 6) is 0.339. The van der Waals surface area contributed by atoms with E-state index < -0.39 is 12.0 Å². The number of allylic oxidation sites excluding steroid dienone is 1. The molecule has 0 fully saturated rings. The van der Waals surface area contributed by atoms with Crippen molar-refractivity contribution in [3.8, 4) is 5.75 Å². The molecule has 6 heteroatoms. The van der Waals surface area contributed by atoms with Gasteiger partial charge in [-0.25, -0.2) is 9.59 Å². The number of amides is 2. The van der Waals surface area contributed by atoms with E-state index in [1.807, 2.05) is 36.4 Å². The van der Waals surface area contributed by atoms with Gasteiger partial charge in [-0.05, 0) is 48.4 Å². The first kappa shape index (κ1) is 16.8. The van der Waals surface area contributed by atoms with E-state index in [0.29, 0.717) is 11.3 Å². The monoisotopic (exact) mass is 340 g/mol. The number of urea groups is 1. The number of nitrogens with one attached hydrogen (secondary N) is 2. The Balaban J connectivity index is 2.05. The van der Waals surface area contributed by atoms with Gasteiger partial charge in [0, 0.05) is 5.70 Å². The molecule has 1 aliphatic rings. The average molecular weight is 340 g/mol. The molecule has 0 aliphatic carbocycles. The lowest BCUT2D eigenvalue weighted by molar-refractivity contribution is -0.139. The van der Waals surface area contributed by atoms with Crippen LogP contribution >= 0.6 is 0 Å². The molecule has 130 valence electrons. The molecule has 2 aromatic rings. The summed E-state index contributed by atoms with van der Waals surface area (Å²) >= 11 is 0. The summed E-state index contributed by atoms with van der Waals surface area (Å²) in [6.45, 7) is 3.72. The van der Waals surface area contributed by atoms with Crippen LogP contribution in [0.1, 0.15) is 25.5 Å². The lowest BCUT2D eigenvalue weighted by atomic mass is 9.93. The van der Waals surface area contributed by atoms with Crippen molar-refractivity contribution >= 4 is 22.8 Å². The van der Waals surface area contributed by atoms with Gasteiger partial charge in [-0.15, -0.1) is 0 Å². The quantitative estimate of drug-likeness (QED) is 0.839. The first-order chi connectivity index (χ1) is 12.0. The Morgan fingerprint density at radius 1 is 1.16 bits per heavy atom. The van der Waals surface area contributed by atoms with Gasteiger partial charge in [0.15, 0.2) is 0 Å². The van der Waals surface area contributed by atoms with Crippen LogP contribution in [0.5, 0.6) is 5.75 Å². The van der Waals surface area contributed by atoms with Crippen LogP contribution in [0.2, 0.25) is 0 Å². The third-order valence-corrected chi connectivity index (χ3v) is 4.17. The number of esters is 1. The van der Waals surface area contributed by atoms with E-state index in [-0.39, 0.29) is 12.6 Å². The second-order valence-electron chi connectivity index (χ2n) is 5.76. The molecule has 0 unspecified atom stereocenters. The molecule has 0 radical (unpaired) electrons. The van der Waals surface area contributed by atoms with Crippen molar-refractivity contribution in [1.82, 2.24) is 10.6 Å². The molecule has 0 bridgehead atoms. The summed E-state index contributed by atoms with van der Waals surface area (Å²) in [6, 6.07) is 10.7. The number of fused-ring (bicyclic) bond motifs is 1. The van der Waals surface area contributed by atoms with Crippen LogP contribution in [0.3, 0.4) is 0 Å². The Labute approximate surface area is 145 Å². The molecule has 1 heterocycles. The number of benzene rings is 2. The van der Waals surface area contributed by atoms with Crippen molar-refractivity contribution in [2.75, 3.05) is 13.7 Å². The van der Waals surface area contributed by atoms with Gasteiger partial charge in [-0.1, -0.05) is 18.2 Å². The van der Waals surface area contributed by atoms with Crippen molar-refractivity contribution in [2.24, 2.45) is 0 Å². The van der Waals surface area contributed by atoms with E-state index >= 15 is 0 Å². The minimum atomic E-state index is -0.556. The lowest BCUT2D eigenvalue weighted by Gasteiger charge is -2.28. The Morgan fingerprint density at radius 2 is 1.88 bits per heavy atom. The maximum atomic E-state index is 12.4. The number of carbonyl (C=O) groups excluding carboxylic acids is 2. The van der Waals surface area contributed by atoms with Gasteiger partial charge in [0.05, 0.1) is 25.3 Å². The van der Waals surface area contributed by atoms with Crippen LogP contribution in [0.15, 0.2) is 47.7 Å². The number of hydrogen-bond acceptors (Lipinski definition) is 4. The number of methoxy groups -OCH3 is 1. The number of hydrogen-bond donors (Lipinski definition) is 2. The molecule has 0 saturated carbocycles. The standard InChI is InChI=1S/C19H20N2O4/c1-4-25-18(22)16-11(2)20-19(23)21-17(16)14-6-5-13-10-15(24-3)8-7-12(13)9-14/h5-10,17H,4H2,1-3H3,(H2,20,21,23)/t17-/m1/s1. The Bertz CT molecular complexity index is 873. The zero-order valence-electron chi connectivity index (χ0n) is 14.4. The van der Waals surface area contributed by atoms with Gasteiger partial charge in [0.25, 0.3) is 0 Å². The molecule has 3 rings (SSSR count). The summed E-state index contributed by atoms with van der Waals surface area (Å²) in [7, 11) is 1.62. The van der Waals surface area contributed by atoms with E-state index in [1.54, 1.807) is 21.0 Å². The van der Waals surface area contributed by atoms with E-state index in [9.17, 15) is 9.59 Å². The minimum absolute atomic E-state index is 0.272. The van der Waals surface area contributed by atoms with Gasteiger partial charge >= 0.3 is 12.0 Å². The lowest BCUT2D eigenvalue weighted by Crippen LogP contribution is -2.45. The molecule has 0 aromatic heterocycles. The van der Waals surface area contributed by atoms with Crippen molar-refractivity contribution in [3.63, 3.8) is 0 Å². The van der Waals surface area contributed by atoms with Crippen LogP contribution in [-0.2, 0) is 9.53 Å². The highest BCUT2D eigenvalue weighted by Crippen LogP contribution is 2.30. The largest absolute Gasteiger partial charge is 0.497 e. The fourth-order valence-corrected chi connectivity index (χ4v) is 2.97. The second kappa shape index (κ2) is 6.84. The molecule has 2 N–H and O–H groups in total. The van der Waals surface area contributed by atoms with E-state index in [0.717, 1.165) is 22.1 Å². The third kappa shape index (κ3) is 3.28. The van der Waals surface area contributed by atoms with Gasteiger partial charge in [-0.3, -0.25) is 0 Å². The van der Waals surface area contributed by atoms with Crippen LogP contribution in [0.4, 0.5) is 4.79 Å². The van der Waals surface area contributed by atoms with Gasteiger partial charge < -0.3 is 20.1 Å². The second-order valence-corrected chi connectivity index (χ2v) is 5.76. The van der Waals surface area contributed by atoms with Crippen LogP contribution in [0, 0.1) is 0 Å². The maximum Gasteiger partial charge on any atom is 0.338 e. The van der Waals surface area contributed by atoms with Crippen molar-refractivity contribution in [1.29, 1.82) is 0 Å². The van der Waals surface area contributed by atoms with Crippen molar-refractivity contribution in [3.05, 3.63) is 53.2 Å². The molecular formula is C19H20N2O4. The van der Waals surface area contributed by atoms with Crippen LogP contribution in [-0.4, -0.2) is 25.7 Å². The molecule has 1 atom stereocenters. The minimum Gasteiger partial charge on any atom is -0.497 e. The zero-order chi connectivity index (χ0) is 18.0. The van der Waals surface area contributed by atoms with Gasteiger partial charge in [-0.2, -0.15) is 0 Å². The summed E-state index contributed by atoms with van der Waals surface area (Å²) in [5, 5.41) is 7.45. The summed E-state index contributed by atoms with van der Waals surface area (Å²) < 4.78 is 10.4. The number of carbonyl (C=O) groups is 2. The fourth-order valence-electron chi connectivity index (χ4n) is 2.97. The summed E-state index contributed by atoms with van der Waals surface area (Å²) in [6.07, 6.45) is 0. The highest BCUT2D eigenvalue weighted by molar-refractivity contribution is 5.95. The van der Waals surface area contributed by atoms with E-state index in [2.05, 4.69) is 10.6 Å². The highest BCUT2D eigenvalue weighted by atomic mass is 16.5. The normalized spacial score (nSPS) is 17.1.